The molecule has 3 aromatic rings. The molecule has 4 rings (SSSR count). The average Bonchev–Trinajstić information content (AvgIpc) is 2.68. The topological polar surface area (TPSA) is 58.1 Å². The summed E-state index contributed by atoms with van der Waals surface area (Å²) in [5.41, 5.74) is 5.14. The highest BCUT2D eigenvalue weighted by Crippen LogP contribution is 2.20. The SMILES string of the molecule is Cc1cccc(Nc2ncc(C(=O)N3CCc4ccccc4C3)cn2)c1. The van der Waals surface area contributed by atoms with Gasteiger partial charge in [-0.25, -0.2) is 9.97 Å². The third-order valence-corrected chi connectivity index (χ3v) is 4.59. The minimum Gasteiger partial charge on any atom is -0.334 e. The minimum absolute atomic E-state index is 0.0263. The lowest BCUT2D eigenvalue weighted by atomic mass is 9.99. The number of aryl methyl sites for hydroxylation is 1. The van der Waals surface area contributed by atoms with Crippen LogP contribution in [0.1, 0.15) is 27.0 Å². The number of aromatic nitrogens is 2. The summed E-state index contributed by atoms with van der Waals surface area (Å²) in [6.07, 6.45) is 4.07. The van der Waals surface area contributed by atoms with Crippen LogP contribution >= 0.6 is 0 Å². The number of hydrogen-bond acceptors (Lipinski definition) is 4. The predicted molar refractivity (Wildman–Crippen MR) is 101 cm³/mol. The zero-order valence-corrected chi connectivity index (χ0v) is 14.6. The van der Waals surface area contributed by atoms with Crippen molar-refractivity contribution in [1.29, 1.82) is 0 Å². The van der Waals surface area contributed by atoms with Crippen molar-refractivity contribution in [2.45, 2.75) is 19.9 Å². The largest absolute Gasteiger partial charge is 0.334 e. The van der Waals surface area contributed by atoms with E-state index in [0.29, 0.717) is 18.1 Å². The number of nitrogens with one attached hydrogen (secondary N) is 1. The Balaban J connectivity index is 1.46. The van der Waals surface area contributed by atoms with Gasteiger partial charge >= 0.3 is 0 Å². The summed E-state index contributed by atoms with van der Waals surface area (Å²) in [6, 6.07) is 16.3. The number of amides is 1. The van der Waals surface area contributed by atoms with Gasteiger partial charge in [0.25, 0.3) is 5.91 Å². The van der Waals surface area contributed by atoms with Gasteiger partial charge in [0.1, 0.15) is 0 Å². The highest BCUT2D eigenvalue weighted by Gasteiger charge is 2.22. The number of anilines is 2. The van der Waals surface area contributed by atoms with E-state index in [2.05, 4.69) is 27.4 Å². The molecule has 0 spiro atoms. The molecule has 0 atom stereocenters. The van der Waals surface area contributed by atoms with Gasteiger partial charge in [0.05, 0.1) is 5.56 Å². The van der Waals surface area contributed by atoms with E-state index in [-0.39, 0.29) is 5.91 Å². The summed E-state index contributed by atoms with van der Waals surface area (Å²) in [6.45, 7) is 3.39. The van der Waals surface area contributed by atoms with Crippen molar-refractivity contribution in [3.05, 3.63) is 83.2 Å². The number of fused-ring (bicyclic) bond motifs is 1. The zero-order chi connectivity index (χ0) is 17.9. The molecule has 1 aliphatic rings. The van der Waals surface area contributed by atoms with E-state index in [9.17, 15) is 4.79 Å². The van der Waals surface area contributed by atoms with E-state index < -0.39 is 0 Å². The summed E-state index contributed by atoms with van der Waals surface area (Å²) >= 11 is 0. The van der Waals surface area contributed by atoms with Gasteiger partial charge in [0, 0.05) is 31.2 Å². The van der Waals surface area contributed by atoms with E-state index in [1.165, 1.54) is 11.1 Å². The van der Waals surface area contributed by atoms with Crippen LogP contribution in [0.5, 0.6) is 0 Å². The molecular weight excluding hydrogens is 324 g/mol. The third-order valence-electron chi connectivity index (χ3n) is 4.59. The fraction of sp³-hybridized carbons (Fsp3) is 0.190. The Bertz CT molecular complexity index is 937. The first-order valence-electron chi connectivity index (χ1n) is 8.71. The lowest BCUT2D eigenvalue weighted by Gasteiger charge is -2.28. The number of nitrogens with zero attached hydrogens (tertiary/aromatic N) is 3. The van der Waals surface area contributed by atoms with Gasteiger partial charge < -0.3 is 10.2 Å². The molecule has 2 aromatic carbocycles. The van der Waals surface area contributed by atoms with Gasteiger partial charge in [-0.3, -0.25) is 4.79 Å². The van der Waals surface area contributed by atoms with Gasteiger partial charge in [-0.15, -0.1) is 0 Å². The summed E-state index contributed by atoms with van der Waals surface area (Å²) < 4.78 is 0. The summed E-state index contributed by atoms with van der Waals surface area (Å²) in [4.78, 5) is 23.2. The van der Waals surface area contributed by atoms with Crippen molar-refractivity contribution in [2.24, 2.45) is 0 Å². The van der Waals surface area contributed by atoms with Crippen LogP contribution in [0.4, 0.5) is 11.6 Å². The Kier molecular flexibility index (Phi) is 4.35. The molecule has 0 aliphatic carbocycles. The molecule has 0 saturated carbocycles. The Morgan fingerprint density at radius 2 is 1.81 bits per heavy atom. The van der Waals surface area contributed by atoms with Gasteiger partial charge in [0.2, 0.25) is 5.95 Å². The maximum absolute atomic E-state index is 12.7. The molecule has 0 saturated heterocycles. The van der Waals surface area contributed by atoms with Crippen LogP contribution in [0.3, 0.4) is 0 Å². The number of hydrogen-bond donors (Lipinski definition) is 1. The number of carbonyl (C=O) groups excluding carboxylic acids is 1. The lowest BCUT2D eigenvalue weighted by molar-refractivity contribution is 0.0734. The van der Waals surface area contributed by atoms with Crippen LogP contribution in [-0.4, -0.2) is 27.3 Å². The Morgan fingerprint density at radius 3 is 2.58 bits per heavy atom. The molecule has 2 heterocycles. The molecule has 1 aromatic heterocycles. The monoisotopic (exact) mass is 344 g/mol. The van der Waals surface area contributed by atoms with Crippen LogP contribution in [0.25, 0.3) is 0 Å². The van der Waals surface area contributed by atoms with Crippen molar-refractivity contribution >= 4 is 17.5 Å². The lowest BCUT2D eigenvalue weighted by Crippen LogP contribution is -2.36. The summed E-state index contributed by atoms with van der Waals surface area (Å²) in [5, 5.41) is 3.16. The maximum Gasteiger partial charge on any atom is 0.257 e. The molecule has 5 heteroatoms. The molecule has 0 fully saturated rings. The molecule has 0 radical (unpaired) electrons. The van der Waals surface area contributed by atoms with E-state index in [4.69, 9.17) is 0 Å². The number of benzene rings is 2. The first kappa shape index (κ1) is 16.3. The molecule has 130 valence electrons. The van der Waals surface area contributed by atoms with E-state index in [0.717, 1.165) is 24.2 Å². The van der Waals surface area contributed by atoms with Crippen LogP contribution in [-0.2, 0) is 13.0 Å². The zero-order valence-electron chi connectivity index (χ0n) is 14.6. The minimum atomic E-state index is -0.0263. The Labute approximate surface area is 152 Å². The van der Waals surface area contributed by atoms with Crippen LogP contribution in [0, 0.1) is 6.92 Å². The Morgan fingerprint density at radius 1 is 1.04 bits per heavy atom. The molecule has 5 nitrogen and oxygen atoms in total. The quantitative estimate of drug-likeness (QED) is 0.786. The van der Waals surface area contributed by atoms with Gasteiger partial charge in [0.15, 0.2) is 0 Å². The van der Waals surface area contributed by atoms with Crippen LogP contribution < -0.4 is 5.32 Å². The van der Waals surface area contributed by atoms with Gasteiger partial charge in [-0.1, -0.05) is 36.4 Å². The normalized spacial score (nSPS) is 13.2. The van der Waals surface area contributed by atoms with Gasteiger partial charge in [-0.2, -0.15) is 0 Å². The van der Waals surface area contributed by atoms with E-state index in [1.54, 1.807) is 12.4 Å². The maximum atomic E-state index is 12.7. The molecule has 1 amide bonds. The smallest absolute Gasteiger partial charge is 0.257 e. The fourth-order valence-corrected chi connectivity index (χ4v) is 3.21. The predicted octanol–water partition coefficient (Wildman–Crippen LogP) is 3.73. The molecule has 1 aliphatic heterocycles. The first-order chi connectivity index (χ1) is 12.7. The van der Waals surface area contributed by atoms with Crippen LogP contribution in [0.2, 0.25) is 0 Å². The van der Waals surface area contributed by atoms with Crippen molar-refractivity contribution < 1.29 is 4.79 Å². The molecule has 1 N–H and O–H groups in total. The second-order valence-corrected chi connectivity index (χ2v) is 6.54. The van der Waals surface area contributed by atoms with Crippen molar-refractivity contribution in [3.8, 4) is 0 Å². The molecular formula is C21H20N4O. The molecule has 26 heavy (non-hydrogen) atoms. The average molecular weight is 344 g/mol. The second-order valence-electron chi connectivity index (χ2n) is 6.54. The van der Waals surface area contributed by atoms with Gasteiger partial charge in [-0.05, 0) is 42.2 Å². The molecule has 0 bridgehead atoms. The summed E-state index contributed by atoms with van der Waals surface area (Å²) in [5.74, 6) is 0.456. The third kappa shape index (κ3) is 3.42. The second kappa shape index (κ2) is 6.96. The van der Waals surface area contributed by atoms with Crippen molar-refractivity contribution in [1.82, 2.24) is 14.9 Å². The standard InChI is InChI=1S/C21H20N4O/c1-15-5-4-8-19(11-15)24-21-22-12-18(13-23-21)20(26)25-10-9-16-6-2-3-7-17(16)14-25/h2-8,11-13H,9-10,14H2,1H3,(H,22,23,24). The number of carbonyl (C=O) groups is 1. The fourth-order valence-electron chi connectivity index (χ4n) is 3.21. The number of rotatable bonds is 3. The van der Waals surface area contributed by atoms with E-state index in [1.807, 2.05) is 48.2 Å². The van der Waals surface area contributed by atoms with E-state index >= 15 is 0 Å². The van der Waals surface area contributed by atoms with Crippen LogP contribution in [0.15, 0.2) is 60.9 Å². The summed E-state index contributed by atoms with van der Waals surface area (Å²) in [7, 11) is 0. The highest BCUT2D eigenvalue weighted by atomic mass is 16.2. The molecule has 0 unspecified atom stereocenters. The van der Waals surface area contributed by atoms with Crippen molar-refractivity contribution in [2.75, 3.05) is 11.9 Å². The first-order valence-corrected chi connectivity index (χ1v) is 8.71. The van der Waals surface area contributed by atoms with Crippen molar-refractivity contribution in [3.63, 3.8) is 0 Å². The Hall–Kier alpha value is -3.21. The highest BCUT2D eigenvalue weighted by molar-refractivity contribution is 5.93.